The van der Waals surface area contributed by atoms with E-state index in [1.807, 2.05) is 0 Å². The fraction of sp³-hybridized carbons (Fsp3) is 0.333. The molecule has 1 aromatic heterocycles. The Hall–Kier alpha value is -2.79. The summed E-state index contributed by atoms with van der Waals surface area (Å²) in [6.45, 7) is -0.472. The van der Waals surface area contributed by atoms with Gasteiger partial charge in [0.15, 0.2) is 11.8 Å². The molecule has 1 fully saturated rings. The van der Waals surface area contributed by atoms with Crippen molar-refractivity contribution in [2.24, 2.45) is 5.16 Å². The number of β-lactam (4-membered cyclic amide) rings is 1. The number of fused-ring (bicyclic) bond motifs is 1. The van der Waals surface area contributed by atoms with E-state index in [1.54, 1.807) is 6.07 Å². The molecule has 0 bridgehead atoms. The molecule has 0 aliphatic carbocycles. The van der Waals surface area contributed by atoms with Crippen LogP contribution in [0.15, 0.2) is 38.9 Å². The molecule has 10 nitrogen and oxygen atoms in total. The number of nitrogens with zero attached hydrogens (tertiary/aromatic N) is 2. The van der Waals surface area contributed by atoms with Crippen LogP contribution in [0.1, 0.15) is 5.76 Å². The molecule has 1 saturated heterocycles. The number of carbonyl (C=O) groups excluding carboxylic acids is 2. The first-order valence-electron chi connectivity index (χ1n) is 7.45. The van der Waals surface area contributed by atoms with E-state index >= 15 is 0 Å². The summed E-state index contributed by atoms with van der Waals surface area (Å²) in [7, 11) is 1.27. The molecular weight excluding hydrogens is 366 g/mol. The number of hydrogen-bond donors (Lipinski definition) is 3. The zero-order chi connectivity index (χ0) is 18.8. The Kier molecular flexibility index (Phi) is 5.00. The van der Waals surface area contributed by atoms with Gasteiger partial charge in [-0.3, -0.25) is 9.59 Å². The lowest BCUT2D eigenvalue weighted by Gasteiger charge is -2.51. The predicted molar refractivity (Wildman–Crippen MR) is 89.0 cm³/mol. The van der Waals surface area contributed by atoms with Gasteiger partial charge in [-0.15, -0.1) is 11.8 Å². The molecule has 2 aliphatic rings. The van der Waals surface area contributed by atoms with Crippen molar-refractivity contribution in [1.29, 1.82) is 0 Å². The van der Waals surface area contributed by atoms with Crippen molar-refractivity contribution in [3.8, 4) is 0 Å². The maximum atomic E-state index is 12.5. The second-order valence-corrected chi connectivity index (χ2v) is 6.41. The van der Waals surface area contributed by atoms with Crippen LogP contribution in [-0.4, -0.2) is 69.8 Å². The smallest absolute Gasteiger partial charge is 0.330 e. The molecule has 0 spiro atoms. The number of furan rings is 1. The molecular formula is C15H15N3O7S. The summed E-state index contributed by atoms with van der Waals surface area (Å²) in [4.78, 5) is 42.1. The lowest BCUT2D eigenvalue weighted by atomic mass is 9.98. The first kappa shape index (κ1) is 18.0. The quantitative estimate of drug-likeness (QED) is 0.336. The third kappa shape index (κ3) is 2.95. The van der Waals surface area contributed by atoms with E-state index in [1.165, 1.54) is 24.8 Å². The molecule has 2 aliphatic heterocycles. The number of oxime groups is 1. The highest BCUT2D eigenvalue weighted by molar-refractivity contribution is 8.02. The van der Waals surface area contributed by atoms with Gasteiger partial charge in [0.05, 0.1) is 12.9 Å². The molecule has 3 rings (SSSR count). The molecule has 3 heterocycles. The summed E-state index contributed by atoms with van der Waals surface area (Å²) in [6, 6.07) is 0.907. The molecule has 1 aromatic rings. The maximum Gasteiger partial charge on any atom is 0.330 e. The number of rotatable bonds is 6. The molecule has 0 radical (unpaired) electrons. The first-order valence-corrected chi connectivity index (χ1v) is 8.40. The number of aliphatic hydroxyl groups is 1. The number of thioether (sulfide) groups is 1. The number of nitrogens with one attached hydrogen (secondary N) is 1. The van der Waals surface area contributed by atoms with E-state index in [-0.39, 0.29) is 17.0 Å². The van der Waals surface area contributed by atoms with Crippen LogP contribution >= 0.6 is 11.8 Å². The predicted octanol–water partition coefficient (Wildman–Crippen LogP) is -0.641. The van der Waals surface area contributed by atoms with Crippen LogP contribution in [-0.2, 0) is 19.2 Å². The van der Waals surface area contributed by atoms with E-state index in [2.05, 4.69) is 15.3 Å². The molecule has 3 atom stereocenters. The van der Waals surface area contributed by atoms with Crippen molar-refractivity contribution in [2.45, 2.75) is 17.5 Å². The van der Waals surface area contributed by atoms with Gasteiger partial charge < -0.3 is 29.7 Å². The topological polar surface area (TPSA) is 142 Å². The fourth-order valence-corrected chi connectivity index (χ4v) is 3.97. The molecule has 138 valence electrons. The number of carboxylic acids is 1. The Labute approximate surface area is 151 Å². The van der Waals surface area contributed by atoms with Crippen LogP contribution in [0.5, 0.6) is 0 Å². The molecule has 11 heteroatoms. The van der Waals surface area contributed by atoms with E-state index < -0.39 is 41.8 Å². The van der Waals surface area contributed by atoms with Crippen LogP contribution in [0.2, 0.25) is 0 Å². The van der Waals surface area contributed by atoms with E-state index in [0.29, 0.717) is 0 Å². The monoisotopic (exact) mass is 381 g/mol. The first-order chi connectivity index (χ1) is 12.5. The van der Waals surface area contributed by atoms with Crippen molar-refractivity contribution in [1.82, 2.24) is 10.2 Å². The third-order valence-electron chi connectivity index (χ3n) is 3.92. The van der Waals surface area contributed by atoms with Crippen LogP contribution in [0.3, 0.4) is 0 Å². The van der Waals surface area contributed by atoms with Gasteiger partial charge in [0.1, 0.15) is 18.5 Å². The van der Waals surface area contributed by atoms with Crippen molar-refractivity contribution < 1.29 is 33.9 Å². The SMILES string of the molecule is CO/N=C(\C(=O)N[C@@H]1C(=O)N2C(C(=O)O)C(CO)=CS[C@H]12)c1ccco1. The molecule has 26 heavy (non-hydrogen) atoms. The Bertz CT molecular complexity index is 789. The molecule has 2 amide bonds. The second-order valence-electron chi connectivity index (χ2n) is 5.41. The largest absolute Gasteiger partial charge is 0.479 e. The summed E-state index contributed by atoms with van der Waals surface area (Å²) in [6.07, 6.45) is 1.36. The number of carbonyl (C=O) groups is 3. The molecule has 0 aromatic carbocycles. The van der Waals surface area contributed by atoms with Crippen molar-refractivity contribution >= 4 is 35.3 Å². The fourth-order valence-electron chi connectivity index (χ4n) is 2.75. The minimum atomic E-state index is -1.25. The Morgan fingerprint density at radius 3 is 2.85 bits per heavy atom. The van der Waals surface area contributed by atoms with Gasteiger partial charge in [0.25, 0.3) is 5.91 Å². The normalized spacial score (nSPS) is 25.1. The minimum absolute atomic E-state index is 0.147. The summed E-state index contributed by atoms with van der Waals surface area (Å²) in [5.41, 5.74) is 0.0695. The summed E-state index contributed by atoms with van der Waals surface area (Å²) in [5, 5.41) is 25.7. The molecule has 0 saturated carbocycles. The number of aliphatic hydroxyl groups excluding tert-OH is 1. The average molecular weight is 381 g/mol. The number of carboxylic acid groups (broad SMARTS) is 1. The van der Waals surface area contributed by atoms with Crippen LogP contribution in [0, 0.1) is 0 Å². The van der Waals surface area contributed by atoms with Crippen LogP contribution < -0.4 is 5.32 Å². The highest BCUT2D eigenvalue weighted by Gasteiger charge is 2.56. The van der Waals surface area contributed by atoms with Gasteiger partial charge in [0, 0.05) is 0 Å². The van der Waals surface area contributed by atoms with Gasteiger partial charge in [0.2, 0.25) is 11.6 Å². The van der Waals surface area contributed by atoms with Crippen molar-refractivity contribution in [3.05, 3.63) is 35.1 Å². The third-order valence-corrected chi connectivity index (χ3v) is 5.14. The van der Waals surface area contributed by atoms with Crippen molar-refractivity contribution in [3.63, 3.8) is 0 Å². The highest BCUT2D eigenvalue weighted by atomic mass is 32.2. The highest BCUT2D eigenvalue weighted by Crippen LogP contribution is 2.39. The van der Waals surface area contributed by atoms with E-state index in [9.17, 15) is 24.6 Å². The standard InChI is InChI=1S/C15H15N3O7S/c1-24-17-9(8-3-2-4-25-8)12(20)16-10-13(21)18-11(15(22)23)7(5-19)6-26-14(10)18/h2-4,6,10-11,14,19H,5H2,1H3,(H,16,20)(H,22,23)/b17-9-/t10-,11?,14-/m1/s1. The average Bonchev–Trinajstić information content (AvgIpc) is 3.16. The molecule has 3 N–H and O–H groups in total. The zero-order valence-electron chi connectivity index (χ0n) is 13.5. The molecule has 1 unspecified atom stereocenters. The Balaban J connectivity index is 1.77. The van der Waals surface area contributed by atoms with Gasteiger partial charge in [-0.05, 0) is 23.1 Å². The maximum absolute atomic E-state index is 12.5. The van der Waals surface area contributed by atoms with Gasteiger partial charge >= 0.3 is 5.97 Å². The van der Waals surface area contributed by atoms with Crippen molar-refractivity contribution in [2.75, 3.05) is 13.7 Å². The Morgan fingerprint density at radius 1 is 1.50 bits per heavy atom. The number of amides is 2. The van der Waals surface area contributed by atoms with E-state index in [0.717, 1.165) is 16.7 Å². The Morgan fingerprint density at radius 2 is 2.27 bits per heavy atom. The van der Waals surface area contributed by atoms with E-state index in [4.69, 9.17) is 4.42 Å². The lowest BCUT2D eigenvalue weighted by molar-refractivity contribution is -0.160. The van der Waals surface area contributed by atoms with Gasteiger partial charge in [-0.25, -0.2) is 4.79 Å². The summed E-state index contributed by atoms with van der Waals surface area (Å²) < 4.78 is 5.13. The summed E-state index contributed by atoms with van der Waals surface area (Å²) in [5.74, 6) is -2.33. The lowest BCUT2D eigenvalue weighted by Crippen LogP contribution is -2.74. The van der Waals surface area contributed by atoms with Gasteiger partial charge in [-0.2, -0.15) is 0 Å². The number of hydrogen-bond acceptors (Lipinski definition) is 8. The summed E-state index contributed by atoms with van der Waals surface area (Å²) >= 11 is 1.15. The number of aliphatic carboxylic acids is 1. The van der Waals surface area contributed by atoms with Crippen LogP contribution in [0.25, 0.3) is 0 Å². The second kappa shape index (κ2) is 7.22. The zero-order valence-corrected chi connectivity index (χ0v) is 14.3. The minimum Gasteiger partial charge on any atom is -0.479 e. The van der Waals surface area contributed by atoms with Gasteiger partial charge in [-0.1, -0.05) is 5.16 Å². The van der Waals surface area contributed by atoms with Crippen LogP contribution in [0.4, 0.5) is 0 Å².